The number of carboxylic acids is 2. The van der Waals surface area contributed by atoms with Crippen LogP contribution >= 0.6 is 0 Å². The van der Waals surface area contributed by atoms with Gasteiger partial charge in [-0.15, -0.1) is 0 Å². The molecule has 8 nitrogen and oxygen atoms in total. The molecule has 8 heteroatoms. The van der Waals surface area contributed by atoms with E-state index in [4.69, 9.17) is 10.2 Å². The highest BCUT2D eigenvalue weighted by molar-refractivity contribution is 5.94. The number of nitrogens with one attached hydrogen (secondary N) is 2. The Bertz CT molecular complexity index is 904. The molecule has 0 saturated carbocycles. The van der Waals surface area contributed by atoms with Crippen LogP contribution in [0.15, 0.2) is 36.4 Å². The van der Waals surface area contributed by atoms with Crippen molar-refractivity contribution in [3.63, 3.8) is 0 Å². The smallest absolute Gasteiger partial charge is 0.303 e. The quantitative estimate of drug-likeness (QED) is 0.498. The van der Waals surface area contributed by atoms with Crippen LogP contribution in [0, 0.1) is 13.8 Å². The number of hydrogen-bond donors (Lipinski definition) is 4. The Morgan fingerprint density at radius 2 is 1.03 bits per heavy atom. The van der Waals surface area contributed by atoms with Crippen LogP contribution in [0.5, 0.6) is 0 Å². The molecule has 30 heavy (non-hydrogen) atoms. The third-order valence-corrected chi connectivity index (χ3v) is 4.47. The third-order valence-electron chi connectivity index (χ3n) is 4.47. The van der Waals surface area contributed by atoms with Gasteiger partial charge < -0.3 is 20.8 Å². The minimum absolute atomic E-state index is 0.0879. The Morgan fingerprint density at radius 3 is 1.33 bits per heavy atom. The van der Waals surface area contributed by atoms with Crippen molar-refractivity contribution in [2.24, 2.45) is 0 Å². The summed E-state index contributed by atoms with van der Waals surface area (Å²) in [5.74, 6) is -2.75. The summed E-state index contributed by atoms with van der Waals surface area (Å²) in [5.41, 5.74) is 4.74. The van der Waals surface area contributed by atoms with Crippen LogP contribution < -0.4 is 10.6 Å². The first-order valence-electron chi connectivity index (χ1n) is 9.40. The second kappa shape index (κ2) is 10.2. The number of aliphatic carboxylic acids is 2. The van der Waals surface area contributed by atoms with Crippen LogP contribution in [0.1, 0.15) is 36.8 Å². The normalized spacial score (nSPS) is 10.3. The molecule has 2 aromatic carbocycles. The number of carbonyl (C=O) groups excluding carboxylic acids is 2. The number of carboxylic acid groups (broad SMARTS) is 2. The number of carbonyl (C=O) groups is 4. The number of rotatable bonds is 9. The first-order valence-corrected chi connectivity index (χ1v) is 9.40. The molecule has 4 N–H and O–H groups in total. The topological polar surface area (TPSA) is 133 Å². The molecule has 0 aliphatic rings. The first kappa shape index (κ1) is 22.6. The zero-order chi connectivity index (χ0) is 22.3. The van der Waals surface area contributed by atoms with Gasteiger partial charge >= 0.3 is 11.9 Å². The molecule has 0 spiro atoms. The van der Waals surface area contributed by atoms with Gasteiger partial charge in [-0.25, -0.2) is 0 Å². The van der Waals surface area contributed by atoms with Crippen molar-refractivity contribution in [2.45, 2.75) is 39.5 Å². The third kappa shape index (κ3) is 6.73. The molecular weight excluding hydrogens is 388 g/mol. The summed E-state index contributed by atoms with van der Waals surface area (Å²) in [6.07, 6.45) is -0.617. The molecule has 0 bridgehead atoms. The molecule has 0 saturated heterocycles. The van der Waals surface area contributed by atoms with Crippen molar-refractivity contribution < 1.29 is 29.4 Å². The molecule has 0 aliphatic carbocycles. The van der Waals surface area contributed by atoms with E-state index < -0.39 is 11.9 Å². The monoisotopic (exact) mass is 412 g/mol. The molecule has 0 fully saturated rings. The number of anilines is 2. The van der Waals surface area contributed by atoms with Crippen molar-refractivity contribution in [1.29, 1.82) is 0 Å². The highest BCUT2D eigenvalue weighted by Gasteiger charge is 2.11. The SMILES string of the molecule is Cc1cc(-c2ccc(NC(=O)CCC(=O)O)c(C)c2)ccc1NC(=O)CCC(=O)O. The van der Waals surface area contributed by atoms with Gasteiger partial charge in [-0.3, -0.25) is 19.2 Å². The van der Waals surface area contributed by atoms with E-state index in [1.54, 1.807) is 12.1 Å². The highest BCUT2D eigenvalue weighted by Crippen LogP contribution is 2.28. The Balaban J connectivity index is 2.08. The lowest BCUT2D eigenvalue weighted by molar-refractivity contribution is -0.138. The molecule has 158 valence electrons. The van der Waals surface area contributed by atoms with E-state index in [2.05, 4.69) is 10.6 Å². The van der Waals surface area contributed by atoms with Gasteiger partial charge in [0.05, 0.1) is 12.8 Å². The molecule has 0 unspecified atom stereocenters. The fraction of sp³-hybridized carbons (Fsp3) is 0.273. The molecule has 0 atom stereocenters. The van der Waals surface area contributed by atoms with Crippen molar-refractivity contribution in [2.75, 3.05) is 10.6 Å². The van der Waals surface area contributed by atoms with Crippen molar-refractivity contribution >= 4 is 35.1 Å². The molecule has 2 rings (SSSR count). The second-order valence-corrected chi connectivity index (χ2v) is 6.94. The zero-order valence-corrected chi connectivity index (χ0v) is 16.8. The Kier molecular flexibility index (Phi) is 7.69. The molecule has 0 aromatic heterocycles. The van der Waals surface area contributed by atoms with E-state index >= 15 is 0 Å². The molecule has 2 aromatic rings. The number of hydrogen-bond acceptors (Lipinski definition) is 4. The standard InChI is InChI=1S/C22H24N2O6/c1-13-11-15(3-5-17(13)23-19(25)7-9-21(27)28)16-4-6-18(14(2)12-16)24-20(26)8-10-22(29)30/h3-6,11-12H,7-10H2,1-2H3,(H,23,25)(H,24,26)(H,27,28)(H,29,30). The average Bonchev–Trinajstić information content (AvgIpc) is 2.68. The van der Waals surface area contributed by atoms with Crippen molar-refractivity contribution in [3.8, 4) is 11.1 Å². The van der Waals surface area contributed by atoms with Crippen LogP contribution in [0.25, 0.3) is 11.1 Å². The largest absolute Gasteiger partial charge is 0.481 e. The first-order chi connectivity index (χ1) is 14.2. The van der Waals surface area contributed by atoms with Crippen LogP contribution in [0.4, 0.5) is 11.4 Å². The van der Waals surface area contributed by atoms with Crippen LogP contribution in [-0.2, 0) is 19.2 Å². The summed E-state index contributed by atoms with van der Waals surface area (Å²) in [6.45, 7) is 3.69. The number of amides is 2. The van der Waals surface area contributed by atoms with Crippen LogP contribution in [-0.4, -0.2) is 34.0 Å². The van der Waals surface area contributed by atoms with Crippen molar-refractivity contribution in [3.05, 3.63) is 47.5 Å². The minimum atomic E-state index is -1.02. The molecule has 0 aliphatic heterocycles. The van der Waals surface area contributed by atoms with Crippen LogP contribution in [0.3, 0.4) is 0 Å². The van der Waals surface area contributed by atoms with Gasteiger partial charge in [0, 0.05) is 24.2 Å². The zero-order valence-electron chi connectivity index (χ0n) is 16.8. The Labute approximate surface area is 173 Å². The Morgan fingerprint density at radius 1 is 0.667 bits per heavy atom. The highest BCUT2D eigenvalue weighted by atomic mass is 16.4. The predicted octanol–water partition coefficient (Wildman–Crippen LogP) is 3.58. The van der Waals surface area contributed by atoms with E-state index in [1.165, 1.54) is 0 Å². The fourth-order valence-electron chi connectivity index (χ4n) is 2.83. The maximum absolute atomic E-state index is 11.8. The summed E-state index contributed by atoms with van der Waals surface area (Å²) in [7, 11) is 0. The van der Waals surface area contributed by atoms with Gasteiger partial charge in [0.2, 0.25) is 11.8 Å². The average molecular weight is 412 g/mol. The van der Waals surface area contributed by atoms with Gasteiger partial charge in [0.15, 0.2) is 0 Å². The van der Waals surface area contributed by atoms with Crippen LogP contribution in [0.2, 0.25) is 0 Å². The molecule has 2 amide bonds. The van der Waals surface area contributed by atoms with E-state index in [-0.39, 0.29) is 37.5 Å². The summed E-state index contributed by atoms with van der Waals surface area (Å²) in [5, 5.41) is 22.7. The van der Waals surface area contributed by atoms with Gasteiger partial charge in [-0.05, 0) is 60.4 Å². The van der Waals surface area contributed by atoms with E-state index in [1.807, 2.05) is 38.1 Å². The molecular formula is C22H24N2O6. The summed E-state index contributed by atoms with van der Waals surface area (Å²) < 4.78 is 0. The predicted molar refractivity (Wildman–Crippen MR) is 112 cm³/mol. The Hall–Kier alpha value is -3.68. The summed E-state index contributed by atoms with van der Waals surface area (Å²) >= 11 is 0. The lowest BCUT2D eigenvalue weighted by Crippen LogP contribution is -2.14. The molecule has 0 heterocycles. The second-order valence-electron chi connectivity index (χ2n) is 6.94. The van der Waals surface area contributed by atoms with Gasteiger partial charge in [-0.1, -0.05) is 12.1 Å². The van der Waals surface area contributed by atoms with Gasteiger partial charge in [0.1, 0.15) is 0 Å². The minimum Gasteiger partial charge on any atom is -0.481 e. The van der Waals surface area contributed by atoms with Gasteiger partial charge in [0.25, 0.3) is 0 Å². The summed E-state index contributed by atoms with van der Waals surface area (Å²) in [4.78, 5) is 44.8. The number of benzene rings is 2. The van der Waals surface area contributed by atoms with Gasteiger partial charge in [-0.2, -0.15) is 0 Å². The molecule has 0 radical (unpaired) electrons. The van der Waals surface area contributed by atoms with E-state index in [9.17, 15) is 19.2 Å². The number of aryl methyl sites for hydroxylation is 2. The maximum atomic E-state index is 11.8. The van der Waals surface area contributed by atoms with E-state index in [0.29, 0.717) is 11.4 Å². The maximum Gasteiger partial charge on any atom is 0.303 e. The summed E-state index contributed by atoms with van der Waals surface area (Å²) in [6, 6.07) is 11.0. The fourth-order valence-corrected chi connectivity index (χ4v) is 2.83. The van der Waals surface area contributed by atoms with Crippen molar-refractivity contribution in [1.82, 2.24) is 0 Å². The van der Waals surface area contributed by atoms with E-state index in [0.717, 1.165) is 22.3 Å². The lowest BCUT2D eigenvalue weighted by Gasteiger charge is -2.13. The lowest BCUT2D eigenvalue weighted by atomic mass is 10.00.